The van der Waals surface area contributed by atoms with Crippen LogP contribution in [0.4, 0.5) is 0 Å². The molecule has 0 aliphatic rings. The minimum Gasteiger partial charge on any atom is -0.478 e. The summed E-state index contributed by atoms with van der Waals surface area (Å²) in [5, 5.41) is 62.8. The Morgan fingerprint density at radius 1 is 0.202 bits per heavy atom. The first kappa shape index (κ1) is 51.3. The van der Waals surface area contributed by atoms with Gasteiger partial charge in [-0.3, -0.25) is 0 Å². The van der Waals surface area contributed by atoms with Crippen LogP contribution in [0.2, 0.25) is 0 Å². The molecule has 0 spiro atoms. The van der Waals surface area contributed by atoms with Crippen LogP contribution < -0.4 is 0 Å². The summed E-state index contributed by atoms with van der Waals surface area (Å²) in [6, 6.07) is 48.4. The number of hydrogen-bond acceptors (Lipinski definition) is 12. The quantitative estimate of drug-likeness (QED) is 0.0489. The number of rotatable bonds is 12. The second-order valence-corrected chi connectivity index (χ2v) is 19.7. The first-order valence-corrected chi connectivity index (χ1v) is 25.6. The van der Waals surface area contributed by atoms with Gasteiger partial charge in [0.25, 0.3) is 0 Å². The van der Waals surface area contributed by atoms with Crippen molar-refractivity contribution in [2.75, 3.05) is 0 Å². The number of hydrogen-bond donors (Lipinski definition) is 6. The average molecular weight is 1110 g/mol. The molecule has 3 heterocycles. The summed E-state index contributed by atoms with van der Waals surface area (Å²) in [5.41, 5.74) is 8.37. The molecule has 0 aliphatic carbocycles. The second-order valence-electron chi connectivity index (χ2n) is 19.7. The van der Waals surface area contributed by atoms with Crippen molar-refractivity contribution in [3.8, 4) is 67.5 Å². The van der Waals surface area contributed by atoms with Crippen LogP contribution in [0, 0.1) is 0 Å². The van der Waals surface area contributed by atoms with E-state index in [1.54, 1.807) is 72.8 Å². The summed E-state index contributed by atoms with van der Waals surface area (Å²) in [5.74, 6) is -6.73. The molecule has 0 fully saturated rings. The van der Waals surface area contributed by atoms with E-state index in [2.05, 4.69) is 0 Å². The van der Waals surface area contributed by atoms with Crippen molar-refractivity contribution in [3.63, 3.8) is 0 Å². The highest BCUT2D eigenvalue weighted by Gasteiger charge is 2.23. The zero-order valence-electron chi connectivity index (χ0n) is 43.1. The Labute approximate surface area is 471 Å². The zero-order valence-corrected chi connectivity index (χ0v) is 43.1. The van der Waals surface area contributed by atoms with Gasteiger partial charge in [-0.15, -0.1) is 0 Å². The number of benzene rings is 10. The Hall–Kier alpha value is -12.2. The Morgan fingerprint density at radius 3 is 0.429 bits per heavy atom. The van der Waals surface area contributed by atoms with Gasteiger partial charge in [0, 0.05) is 33.4 Å². The van der Waals surface area contributed by atoms with Crippen molar-refractivity contribution in [2.24, 2.45) is 0 Å². The third-order valence-electron chi connectivity index (χ3n) is 14.7. The van der Waals surface area contributed by atoms with Crippen molar-refractivity contribution in [2.45, 2.75) is 0 Å². The molecular formula is C66H36N6O12. The van der Waals surface area contributed by atoms with Crippen LogP contribution in [0.3, 0.4) is 0 Å². The van der Waals surface area contributed by atoms with Crippen LogP contribution in [-0.2, 0) is 0 Å². The molecule has 0 unspecified atom stereocenters. The van der Waals surface area contributed by atoms with E-state index >= 15 is 0 Å². The van der Waals surface area contributed by atoms with E-state index < -0.39 is 35.8 Å². The Balaban J connectivity index is 1.13. The highest BCUT2D eigenvalue weighted by Crippen LogP contribution is 2.43. The summed E-state index contributed by atoms with van der Waals surface area (Å²) < 4.78 is 0. The second kappa shape index (κ2) is 19.9. The molecule has 18 heteroatoms. The van der Waals surface area contributed by atoms with Crippen LogP contribution in [0.15, 0.2) is 182 Å². The minimum absolute atomic E-state index is 0.0502. The van der Waals surface area contributed by atoms with Gasteiger partial charge in [-0.25, -0.2) is 58.7 Å². The maximum atomic E-state index is 12.0. The fourth-order valence-electron chi connectivity index (χ4n) is 10.5. The number of nitrogens with zero attached hydrogens (tertiary/aromatic N) is 6. The lowest BCUT2D eigenvalue weighted by Crippen LogP contribution is -2.00. The van der Waals surface area contributed by atoms with Gasteiger partial charge in [-0.05, 0) is 142 Å². The first-order chi connectivity index (χ1) is 40.5. The van der Waals surface area contributed by atoms with E-state index in [1.165, 1.54) is 72.8 Å². The van der Waals surface area contributed by atoms with E-state index in [4.69, 9.17) is 29.9 Å². The predicted molar refractivity (Wildman–Crippen MR) is 313 cm³/mol. The van der Waals surface area contributed by atoms with E-state index in [9.17, 15) is 59.4 Å². The first-order valence-electron chi connectivity index (χ1n) is 25.6. The molecule has 0 saturated carbocycles. The molecule has 0 bridgehead atoms. The molecule has 0 atom stereocenters. The minimum atomic E-state index is -1.12. The van der Waals surface area contributed by atoms with Gasteiger partial charge in [-0.2, -0.15) is 0 Å². The molecule has 0 radical (unpaired) electrons. The highest BCUT2D eigenvalue weighted by atomic mass is 16.4. The van der Waals surface area contributed by atoms with E-state index in [1.807, 2.05) is 36.4 Å². The van der Waals surface area contributed by atoms with Crippen molar-refractivity contribution in [3.05, 3.63) is 215 Å². The fraction of sp³-hybridized carbons (Fsp3) is 0. The lowest BCUT2D eigenvalue weighted by atomic mass is 9.92. The summed E-state index contributed by atoms with van der Waals surface area (Å²) >= 11 is 0. The number of aromatic nitrogens is 6. The van der Waals surface area contributed by atoms with E-state index in [0.29, 0.717) is 133 Å². The summed E-state index contributed by atoms with van der Waals surface area (Å²) in [7, 11) is 0. The lowest BCUT2D eigenvalue weighted by Gasteiger charge is -2.17. The SMILES string of the molecule is O=C(O)c1ccc(-c2nc3cc4c5cc6nc(-c7ccc(C(=O)O)cc7)c(-c7ccc(C(=O)O)cc7)nc6cc5c5cc6nc(-c7ccc(C(=O)O)cc7)c(-c7ccc(C(=O)O)cc7)nc6cc5c4cc3nc2-c2ccc(C(=O)O)cc2)cc1. The molecular weight excluding hydrogens is 1070 g/mol. The van der Waals surface area contributed by atoms with Crippen molar-refractivity contribution < 1.29 is 59.4 Å². The number of carboxylic acid groups (broad SMARTS) is 6. The number of aromatic carboxylic acids is 6. The maximum absolute atomic E-state index is 12.0. The van der Waals surface area contributed by atoms with Gasteiger partial charge in [0.2, 0.25) is 0 Å². The summed E-state index contributed by atoms with van der Waals surface area (Å²) in [6.45, 7) is 0. The maximum Gasteiger partial charge on any atom is 0.335 e. The van der Waals surface area contributed by atoms with Crippen molar-refractivity contribution in [1.82, 2.24) is 29.9 Å². The molecule has 0 saturated heterocycles. The van der Waals surface area contributed by atoms with Crippen molar-refractivity contribution in [1.29, 1.82) is 0 Å². The van der Waals surface area contributed by atoms with Gasteiger partial charge in [-0.1, -0.05) is 72.8 Å². The summed E-state index contributed by atoms with van der Waals surface area (Å²) in [4.78, 5) is 103. The Kier molecular flexibility index (Phi) is 12.1. The molecule has 6 N–H and O–H groups in total. The molecule has 13 rings (SSSR count). The largest absolute Gasteiger partial charge is 0.478 e. The van der Waals surface area contributed by atoms with Crippen molar-refractivity contribution >= 4 is 101 Å². The number of carbonyl (C=O) groups is 6. The monoisotopic (exact) mass is 1100 g/mol. The van der Waals surface area contributed by atoms with Gasteiger partial charge < -0.3 is 30.6 Å². The third kappa shape index (κ3) is 8.99. The molecule has 10 aromatic carbocycles. The van der Waals surface area contributed by atoms with Crippen LogP contribution >= 0.6 is 0 Å². The molecule has 402 valence electrons. The molecule has 84 heavy (non-hydrogen) atoms. The molecule has 18 nitrogen and oxygen atoms in total. The third-order valence-corrected chi connectivity index (χ3v) is 14.7. The van der Waals surface area contributed by atoms with E-state index in [-0.39, 0.29) is 33.4 Å². The van der Waals surface area contributed by atoms with Gasteiger partial charge in [0.1, 0.15) is 0 Å². The van der Waals surface area contributed by atoms with Gasteiger partial charge in [0.05, 0.1) is 101 Å². The summed E-state index contributed by atoms with van der Waals surface area (Å²) in [6.07, 6.45) is 0. The standard InChI is InChI=1S/C66H36N6O12/c73-61(74)37-13-1-31(2-14-37)55-56(32-3-15-38(16-4-32)62(75)76)68-50-26-44-43(25-49(50)67-55)45-27-51-53(71-58(34-7-19-40(20-8-34)64(79)80)57(69-51)33-5-17-39(18-6-33)63(77)78)29-47(45)48-30-54-52(28-46(44)48)70-59(35-9-21-41(22-10-35)65(81)82)60(72-54)36-11-23-42(24-12-36)66(83)84/h1-30H,(H,73,74)(H,75,76)(H,77,78)(H,79,80)(H,81,82)(H,83,84). The lowest BCUT2D eigenvalue weighted by molar-refractivity contribution is 0.0686. The number of fused-ring (bicyclic) bond motifs is 9. The van der Waals surface area contributed by atoms with Crippen LogP contribution in [0.25, 0.3) is 133 Å². The van der Waals surface area contributed by atoms with Crippen LogP contribution in [-0.4, -0.2) is 96.4 Å². The molecule has 3 aromatic heterocycles. The van der Waals surface area contributed by atoms with Gasteiger partial charge >= 0.3 is 35.8 Å². The van der Waals surface area contributed by atoms with Gasteiger partial charge in [0.15, 0.2) is 0 Å². The van der Waals surface area contributed by atoms with Crippen LogP contribution in [0.5, 0.6) is 0 Å². The topological polar surface area (TPSA) is 301 Å². The van der Waals surface area contributed by atoms with E-state index in [0.717, 1.165) is 0 Å². The normalized spacial score (nSPS) is 11.4. The molecule has 0 amide bonds. The Morgan fingerprint density at radius 2 is 0.321 bits per heavy atom. The fourth-order valence-corrected chi connectivity index (χ4v) is 10.5. The molecule has 0 aliphatic heterocycles. The predicted octanol–water partition coefficient (Wildman–Crippen LogP) is 13.2. The number of carboxylic acids is 6. The highest BCUT2D eigenvalue weighted by molar-refractivity contribution is 6.30. The van der Waals surface area contributed by atoms with Crippen LogP contribution in [0.1, 0.15) is 62.1 Å². The average Bonchev–Trinajstić information content (AvgIpc) is 1.08. The smallest absolute Gasteiger partial charge is 0.335 e. The Bertz CT molecular complexity index is 4190. The molecule has 13 aromatic rings. The zero-order chi connectivity index (χ0) is 58.2.